The third kappa shape index (κ3) is 7.04. The highest BCUT2D eigenvalue weighted by atomic mass is 35.5. The Kier molecular flexibility index (Phi) is 9.15. The van der Waals surface area contributed by atoms with Crippen LogP contribution in [0.2, 0.25) is 5.02 Å². The predicted octanol–water partition coefficient (Wildman–Crippen LogP) is 5.12. The Labute approximate surface area is 186 Å². The number of nitrogens with one attached hydrogen (secondary N) is 1. The maximum atomic E-state index is 11.0. The number of carboxylic acid groups (broad SMARTS) is 1. The third-order valence-electron chi connectivity index (χ3n) is 4.40. The first-order chi connectivity index (χ1) is 14.0. The number of carbonyl (C=O) groups is 1. The molecule has 30 heavy (non-hydrogen) atoms. The normalized spacial score (nSPS) is 11.4. The van der Waals surface area contributed by atoms with Crippen LogP contribution in [0.25, 0.3) is 0 Å². The largest absolute Gasteiger partial charge is 0.478 e. The maximum Gasteiger partial charge on any atom is 0.335 e. The first-order valence-electron chi connectivity index (χ1n) is 9.25. The van der Waals surface area contributed by atoms with E-state index in [9.17, 15) is 9.90 Å². The van der Waals surface area contributed by atoms with Gasteiger partial charge in [0.1, 0.15) is 11.5 Å². The average molecular weight is 448 g/mol. The lowest BCUT2D eigenvalue weighted by Gasteiger charge is -2.13. The Morgan fingerprint density at radius 2 is 1.73 bits per heavy atom. The van der Waals surface area contributed by atoms with E-state index < -0.39 is 12.1 Å². The zero-order valence-electron chi connectivity index (χ0n) is 16.1. The molecule has 0 unspecified atom stereocenters. The van der Waals surface area contributed by atoms with Crippen molar-refractivity contribution < 1.29 is 19.7 Å². The number of aromatic carboxylic acids is 1. The summed E-state index contributed by atoms with van der Waals surface area (Å²) in [7, 11) is 0. The molecule has 5 nitrogen and oxygen atoms in total. The molecule has 7 heteroatoms. The molecule has 0 heterocycles. The van der Waals surface area contributed by atoms with E-state index in [1.165, 1.54) is 12.1 Å². The second-order valence-corrected chi connectivity index (χ2v) is 7.04. The van der Waals surface area contributed by atoms with Crippen molar-refractivity contribution in [2.24, 2.45) is 0 Å². The number of hydrogen-bond acceptors (Lipinski definition) is 4. The van der Waals surface area contributed by atoms with Crippen LogP contribution < -0.4 is 10.1 Å². The van der Waals surface area contributed by atoms with Crippen molar-refractivity contribution in [2.75, 3.05) is 13.1 Å². The van der Waals surface area contributed by atoms with Crippen molar-refractivity contribution in [3.63, 3.8) is 0 Å². The fourth-order valence-electron chi connectivity index (χ4n) is 2.86. The summed E-state index contributed by atoms with van der Waals surface area (Å²) in [6.45, 7) is 1.17. The molecule has 3 aromatic carbocycles. The molecule has 0 spiro atoms. The number of aliphatic hydroxyl groups is 1. The first kappa shape index (κ1) is 23.7. The summed E-state index contributed by atoms with van der Waals surface area (Å²) in [5.41, 5.74) is 2.10. The Morgan fingerprint density at radius 1 is 1.00 bits per heavy atom. The van der Waals surface area contributed by atoms with Crippen LogP contribution in [0.3, 0.4) is 0 Å². The minimum absolute atomic E-state index is 0. The molecule has 3 N–H and O–H groups in total. The highest BCUT2D eigenvalue weighted by molar-refractivity contribution is 6.30. The van der Waals surface area contributed by atoms with Crippen LogP contribution in [0.1, 0.15) is 27.6 Å². The summed E-state index contributed by atoms with van der Waals surface area (Å²) >= 11 is 5.95. The predicted molar refractivity (Wildman–Crippen MR) is 120 cm³/mol. The van der Waals surface area contributed by atoms with E-state index in [0.29, 0.717) is 23.1 Å². The smallest absolute Gasteiger partial charge is 0.335 e. The molecule has 3 rings (SSSR count). The fourth-order valence-corrected chi connectivity index (χ4v) is 3.05. The Bertz CT molecular complexity index is 963. The molecule has 0 aliphatic heterocycles. The Morgan fingerprint density at radius 3 is 2.43 bits per heavy atom. The number of ether oxygens (including phenoxy) is 1. The van der Waals surface area contributed by atoms with Gasteiger partial charge in [0.05, 0.1) is 11.7 Å². The molecule has 0 radical (unpaired) electrons. The number of benzene rings is 3. The van der Waals surface area contributed by atoms with Crippen LogP contribution in [0.15, 0.2) is 72.8 Å². The summed E-state index contributed by atoms with van der Waals surface area (Å²) in [4.78, 5) is 11.0. The van der Waals surface area contributed by atoms with E-state index in [0.717, 1.165) is 24.1 Å². The van der Waals surface area contributed by atoms with Gasteiger partial charge in [-0.05, 0) is 66.6 Å². The molecule has 0 amide bonds. The van der Waals surface area contributed by atoms with Gasteiger partial charge in [0.25, 0.3) is 0 Å². The van der Waals surface area contributed by atoms with Gasteiger partial charge in [0.15, 0.2) is 0 Å². The van der Waals surface area contributed by atoms with E-state index in [1.807, 2.05) is 36.4 Å². The molecule has 0 aliphatic rings. The van der Waals surface area contributed by atoms with Gasteiger partial charge in [-0.2, -0.15) is 0 Å². The van der Waals surface area contributed by atoms with Gasteiger partial charge in [-0.25, -0.2) is 4.79 Å². The highest BCUT2D eigenvalue weighted by Gasteiger charge is 2.07. The standard InChI is InChI=1S/C23H22ClNO4.ClH/c24-19-5-1-3-17(13-19)22(26)15-25-12-11-16-7-9-20(10-8-16)29-21-6-2-4-18(14-21)23(27)28;/h1-10,13-14,22,25-26H,11-12,15H2,(H,27,28);1H/t22-;/m0./s1. The lowest BCUT2D eigenvalue weighted by Crippen LogP contribution is -2.23. The minimum atomic E-state index is -0.987. The lowest BCUT2D eigenvalue weighted by molar-refractivity contribution is 0.0696. The summed E-state index contributed by atoms with van der Waals surface area (Å²) in [5.74, 6) is 0.133. The quantitative estimate of drug-likeness (QED) is 0.396. The number of hydrogen-bond donors (Lipinski definition) is 3. The molecule has 0 saturated heterocycles. The Hall–Kier alpha value is -2.57. The van der Waals surface area contributed by atoms with Crippen molar-refractivity contribution >= 4 is 30.0 Å². The second kappa shape index (κ2) is 11.6. The van der Waals surface area contributed by atoms with Gasteiger partial charge in [0, 0.05) is 11.6 Å². The molecule has 0 saturated carbocycles. The van der Waals surface area contributed by atoms with Gasteiger partial charge in [-0.1, -0.05) is 41.9 Å². The lowest BCUT2D eigenvalue weighted by atomic mass is 10.1. The highest BCUT2D eigenvalue weighted by Crippen LogP contribution is 2.23. The third-order valence-corrected chi connectivity index (χ3v) is 4.64. The molecule has 158 valence electrons. The minimum Gasteiger partial charge on any atom is -0.478 e. The van der Waals surface area contributed by atoms with Crippen molar-refractivity contribution in [2.45, 2.75) is 12.5 Å². The van der Waals surface area contributed by atoms with E-state index >= 15 is 0 Å². The molecular formula is C23H23Cl2NO4. The van der Waals surface area contributed by atoms with Crippen LogP contribution in [0.4, 0.5) is 0 Å². The monoisotopic (exact) mass is 447 g/mol. The number of rotatable bonds is 9. The average Bonchev–Trinajstić information content (AvgIpc) is 2.72. The van der Waals surface area contributed by atoms with Crippen LogP contribution in [-0.2, 0) is 6.42 Å². The van der Waals surface area contributed by atoms with Crippen molar-refractivity contribution in [1.82, 2.24) is 5.32 Å². The second-order valence-electron chi connectivity index (χ2n) is 6.60. The molecular weight excluding hydrogens is 425 g/mol. The van der Waals surface area contributed by atoms with Gasteiger partial charge < -0.3 is 20.3 Å². The van der Waals surface area contributed by atoms with E-state index in [4.69, 9.17) is 21.4 Å². The van der Waals surface area contributed by atoms with Gasteiger partial charge in [-0.3, -0.25) is 0 Å². The zero-order chi connectivity index (χ0) is 20.6. The van der Waals surface area contributed by atoms with Gasteiger partial charge in [0.2, 0.25) is 0 Å². The van der Waals surface area contributed by atoms with Crippen LogP contribution in [0, 0.1) is 0 Å². The van der Waals surface area contributed by atoms with Crippen molar-refractivity contribution in [3.05, 3.63) is 94.5 Å². The number of carboxylic acids is 1. The fraction of sp³-hybridized carbons (Fsp3) is 0.174. The van der Waals surface area contributed by atoms with Gasteiger partial charge >= 0.3 is 5.97 Å². The molecule has 0 aliphatic carbocycles. The van der Waals surface area contributed by atoms with Crippen LogP contribution in [0.5, 0.6) is 11.5 Å². The van der Waals surface area contributed by atoms with Crippen LogP contribution >= 0.6 is 24.0 Å². The van der Waals surface area contributed by atoms with Gasteiger partial charge in [-0.15, -0.1) is 12.4 Å². The maximum absolute atomic E-state index is 11.0. The molecule has 0 fully saturated rings. The Balaban J connectivity index is 0.00000320. The SMILES string of the molecule is Cl.O=C(O)c1cccc(Oc2ccc(CCNC[C@H](O)c3cccc(Cl)c3)cc2)c1. The number of aliphatic hydroxyl groups excluding tert-OH is 1. The summed E-state index contributed by atoms with van der Waals surface area (Å²) in [5, 5.41) is 23.1. The molecule has 3 aromatic rings. The summed E-state index contributed by atoms with van der Waals surface area (Å²) in [6, 6.07) is 21.2. The first-order valence-corrected chi connectivity index (χ1v) is 9.63. The zero-order valence-corrected chi connectivity index (χ0v) is 17.7. The van der Waals surface area contributed by atoms with Crippen molar-refractivity contribution in [1.29, 1.82) is 0 Å². The molecule has 1 atom stereocenters. The van der Waals surface area contributed by atoms with Crippen LogP contribution in [-0.4, -0.2) is 29.3 Å². The topological polar surface area (TPSA) is 78.8 Å². The molecule has 0 aromatic heterocycles. The molecule has 0 bridgehead atoms. The number of halogens is 2. The van der Waals surface area contributed by atoms with E-state index in [-0.39, 0.29) is 18.0 Å². The van der Waals surface area contributed by atoms with E-state index in [2.05, 4.69) is 5.32 Å². The summed E-state index contributed by atoms with van der Waals surface area (Å²) < 4.78 is 5.72. The van der Waals surface area contributed by atoms with Crippen molar-refractivity contribution in [3.8, 4) is 11.5 Å². The van der Waals surface area contributed by atoms with E-state index in [1.54, 1.807) is 24.3 Å². The summed E-state index contributed by atoms with van der Waals surface area (Å²) in [6.07, 6.45) is 0.197.